The summed E-state index contributed by atoms with van der Waals surface area (Å²) in [6.07, 6.45) is -3.00. The van der Waals surface area contributed by atoms with Gasteiger partial charge in [-0.05, 0) is 49.6 Å². The van der Waals surface area contributed by atoms with Crippen molar-refractivity contribution >= 4 is 61.6 Å². The number of aromatic amines is 1. The van der Waals surface area contributed by atoms with Crippen LogP contribution in [0.2, 0.25) is 0 Å². The van der Waals surface area contributed by atoms with Gasteiger partial charge in [0.2, 0.25) is 17.6 Å². The summed E-state index contributed by atoms with van der Waals surface area (Å²) in [4.78, 5) is 28.4. The molecule has 228 valence electrons. The number of rotatable bonds is 8. The van der Waals surface area contributed by atoms with Crippen LogP contribution in [0, 0.1) is 5.41 Å². The van der Waals surface area contributed by atoms with E-state index in [2.05, 4.69) is 31.5 Å². The maximum atomic E-state index is 13.4. The molecule has 2 N–H and O–H groups in total. The smallest absolute Gasteiger partial charge is 0.403 e. The van der Waals surface area contributed by atoms with Crippen LogP contribution in [-0.2, 0) is 20.8 Å². The lowest BCUT2D eigenvalue weighted by atomic mass is 10.0. The van der Waals surface area contributed by atoms with Crippen LogP contribution in [0.25, 0.3) is 16.7 Å². The van der Waals surface area contributed by atoms with Crippen LogP contribution in [0.1, 0.15) is 30.9 Å². The number of imidazole rings is 1. The molecule has 11 nitrogen and oxygen atoms in total. The number of carbonyl (C=O) groups is 1. The minimum atomic E-state index is -4.48. The van der Waals surface area contributed by atoms with Crippen molar-refractivity contribution < 1.29 is 27.4 Å². The van der Waals surface area contributed by atoms with Crippen LogP contribution < -0.4 is 5.32 Å². The van der Waals surface area contributed by atoms with E-state index in [0.29, 0.717) is 55.4 Å². The van der Waals surface area contributed by atoms with Crippen LogP contribution >= 0.6 is 21.3 Å². The number of piperazine rings is 1. The van der Waals surface area contributed by atoms with Gasteiger partial charge in [-0.3, -0.25) is 9.69 Å². The van der Waals surface area contributed by atoms with Crippen molar-refractivity contribution in [3.05, 3.63) is 53.4 Å². The minimum absolute atomic E-state index is 0.108. The number of hydrogen-bond acceptors (Lipinski definition) is 9. The largest absolute Gasteiger partial charge is 0.490 e. The minimum Gasteiger partial charge on any atom is -0.490 e. The SMILES string of the molecule is CCOC1=NI=NC(c2ccc3nc(Nc4cc(CN5CCN(C(=O)C6(C(F)(F)F)CC6)CC5)ccn4)[nH]c3c2)=C1OC. The molecule has 0 spiro atoms. The first-order valence-electron chi connectivity index (χ1n) is 13.9. The molecule has 1 saturated heterocycles. The van der Waals surface area contributed by atoms with Crippen molar-refractivity contribution in [3.63, 3.8) is 0 Å². The Labute approximate surface area is 256 Å². The van der Waals surface area contributed by atoms with E-state index in [0.717, 1.165) is 22.2 Å². The first kappa shape index (κ1) is 29.5. The number of anilines is 2. The molecule has 3 aromatic rings. The number of hydrogen-bond donors (Lipinski definition) is 2. The highest BCUT2D eigenvalue weighted by Gasteiger charge is 2.69. The van der Waals surface area contributed by atoms with E-state index in [1.807, 2.05) is 37.3 Å². The number of pyridine rings is 1. The number of H-pyrrole nitrogens is 1. The van der Waals surface area contributed by atoms with Gasteiger partial charge in [0.15, 0.2) is 0 Å². The quantitative estimate of drug-likeness (QED) is 0.296. The summed E-state index contributed by atoms with van der Waals surface area (Å²) in [5, 5.41) is 3.22. The second-order valence-electron chi connectivity index (χ2n) is 10.5. The third-order valence-electron chi connectivity index (χ3n) is 7.73. The summed E-state index contributed by atoms with van der Waals surface area (Å²) in [7, 11) is 1.57. The summed E-state index contributed by atoms with van der Waals surface area (Å²) < 4.78 is 60.4. The number of benzene rings is 1. The number of halogens is 4. The topological polar surface area (TPSA) is 120 Å². The Hall–Kier alpha value is -3.60. The number of aromatic nitrogens is 3. The van der Waals surface area contributed by atoms with Crippen LogP contribution in [0.5, 0.6) is 0 Å². The molecule has 1 aliphatic carbocycles. The van der Waals surface area contributed by atoms with Crippen molar-refractivity contribution in [2.24, 2.45) is 11.8 Å². The fourth-order valence-corrected chi connectivity index (χ4v) is 6.63. The molecular formula is C28H30F3IN8O3. The van der Waals surface area contributed by atoms with E-state index >= 15 is 0 Å². The Balaban J connectivity index is 1.10. The highest BCUT2D eigenvalue weighted by atomic mass is 127. The number of alkyl halides is 3. The number of fused-ring (bicyclic) bond motifs is 1. The lowest BCUT2D eigenvalue weighted by Gasteiger charge is -2.37. The average Bonchev–Trinajstić information content (AvgIpc) is 3.73. The van der Waals surface area contributed by atoms with Gasteiger partial charge in [0.1, 0.15) is 38.2 Å². The lowest BCUT2D eigenvalue weighted by molar-refractivity contribution is -0.199. The van der Waals surface area contributed by atoms with Gasteiger partial charge in [-0.2, -0.15) is 19.5 Å². The van der Waals surface area contributed by atoms with Crippen molar-refractivity contribution in [1.82, 2.24) is 24.8 Å². The van der Waals surface area contributed by atoms with E-state index in [1.165, 1.54) is 4.90 Å². The molecule has 15 heteroatoms. The fraction of sp³-hybridized carbons (Fsp3) is 0.429. The molecule has 6 rings (SSSR count). The summed E-state index contributed by atoms with van der Waals surface area (Å²) in [5.41, 5.74) is 1.96. The lowest BCUT2D eigenvalue weighted by Crippen LogP contribution is -2.52. The molecule has 0 bridgehead atoms. The van der Waals surface area contributed by atoms with Crippen LogP contribution in [-0.4, -0.2) is 82.6 Å². The highest BCUT2D eigenvalue weighted by Crippen LogP contribution is 2.58. The predicted octanol–water partition coefficient (Wildman–Crippen LogP) is 5.52. The molecule has 43 heavy (non-hydrogen) atoms. The van der Waals surface area contributed by atoms with E-state index < -0.39 is 38.8 Å². The first-order valence-corrected chi connectivity index (χ1v) is 15.8. The molecule has 1 aromatic carbocycles. The Kier molecular flexibility index (Phi) is 8.10. The number of carbonyl (C=O) groups excluding carboxylic acids is 1. The van der Waals surface area contributed by atoms with Gasteiger partial charge in [-0.15, -0.1) is 0 Å². The first-order chi connectivity index (χ1) is 20.7. The maximum Gasteiger partial charge on any atom is 0.403 e. The van der Waals surface area contributed by atoms with E-state index in [1.54, 1.807) is 13.3 Å². The van der Waals surface area contributed by atoms with Gasteiger partial charge < -0.3 is 24.7 Å². The predicted molar refractivity (Wildman–Crippen MR) is 163 cm³/mol. The maximum absolute atomic E-state index is 13.4. The number of methoxy groups -OCH3 is 1. The molecule has 2 aromatic heterocycles. The Bertz CT molecular complexity index is 1620. The van der Waals surface area contributed by atoms with Gasteiger partial charge in [0.05, 0.1) is 24.8 Å². The zero-order chi connectivity index (χ0) is 30.2. The van der Waals surface area contributed by atoms with Gasteiger partial charge in [0.25, 0.3) is 5.90 Å². The number of nitrogens with one attached hydrogen (secondary N) is 2. The van der Waals surface area contributed by atoms with Gasteiger partial charge >= 0.3 is 6.18 Å². The Morgan fingerprint density at radius 1 is 1.16 bits per heavy atom. The van der Waals surface area contributed by atoms with Crippen LogP contribution in [0.15, 0.2) is 48.6 Å². The van der Waals surface area contributed by atoms with Crippen LogP contribution in [0.4, 0.5) is 24.9 Å². The summed E-state index contributed by atoms with van der Waals surface area (Å²) in [5.74, 6) is 1.33. The molecular weight excluding hydrogens is 680 g/mol. The zero-order valence-corrected chi connectivity index (χ0v) is 25.7. The Morgan fingerprint density at radius 3 is 2.65 bits per heavy atom. The molecule has 3 aliphatic rings. The molecule has 1 saturated carbocycles. The number of ether oxygens (including phenoxy) is 2. The van der Waals surface area contributed by atoms with E-state index in [4.69, 9.17) is 9.47 Å². The van der Waals surface area contributed by atoms with Crippen molar-refractivity contribution in [3.8, 4) is 0 Å². The van der Waals surface area contributed by atoms with Crippen LogP contribution in [0.3, 0.4) is 0 Å². The summed E-state index contributed by atoms with van der Waals surface area (Å²) in [6.45, 7) is 4.54. The molecule has 1 amide bonds. The van der Waals surface area contributed by atoms with Crippen molar-refractivity contribution in [2.75, 3.05) is 45.2 Å². The molecule has 0 radical (unpaired) electrons. The average molecular weight is 710 g/mol. The second-order valence-corrected chi connectivity index (χ2v) is 11.9. The van der Waals surface area contributed by atoms with E-state index in [9.17, 15) is 18.0 Å². The summed E-state index contributed by atoms with van der Waals surface area (Å²) >= 11 is -0.791. The third kappa shape index (κ3) is 5.96. The van der Waals surface area contributed by atoms with Gasteiger partial charge in [0, 0.05) is 44.5 Å². The zero-order valence-electron chi connectivity index (χ0n) is 23.5. The fourth-order valence-electron chi connectivity index (χ4n) is 5.25. The third-order valence-corrected chi connectivity index (χ3v) is 9.08. The van der Waals surface area contributed by atoms with Crippen molar-refractivity contribution in [2.45, 2.75) is 32.5 Å². The molecule has 2 fully saturated rings. The van der Waals surface area contributed by atoms with Gasteiger partial charge in [-0.1, -0.05) is 6.07 Å². The standard InChI is InChI=1S/C28H30F3IN8O3/c1-3-43-24-23(42-2)22(37-32-38-24)18-4-5-19-20(15-18)35-26(34-19)36-21-14-17(6-9-33-21)16-39-10-12-40(13-11-39)25(41)27(7-8-27)28(29,30)31/h4-6,9,14-15H,3,7-8,10-13,16H2,1-2H3,(H2,33,34,35,36). The monoisotopic (exact) mass is 710 g/mol. The molecule has 4 heterocycles. The number of amides is 1. The second kappa shape index (κ2) is 11.8. The number of nitrogens with zero attached hydrogens (tertiary/aromatic N) is 6. The van der Waals surface area contributed by atoms with Gasteiger partial charge in [-0.25, -0.2) is 9.97 Å². The molecule has 2 aliphatic heterocycles. The normalized spacial score (nSPS) is 18.7. The van der Waals surface area contributed by atoms with Crippen molar-refractivity contribution in [1.29, 1.82) is 0 Å². The Morgan fingerprint density at radius 2 is 1.95 bits per heavy atom. The molecule has 0 atom stereocenters. The highest BCUT2D eigenvalue weighted by molar-refractivity contribution is 14.1. The van der Waals surface area contributed by atoms with E-state index in [-0.39, 0.29) is 25.9 Å². The molecule has 0 unspecified atom stereocenters. The summed E-state index contributed by atoms with van der Waals surface area (Å²) in [6, 6.07) is 9.60.